The maximum Gasteiger partial charge on any atom is 0.410 e. The maximum atomic E-state index is 13.9. The van der Waals surface area contributed by atoms with Crippen LogP contribution >= 0.6 is 0 Å². The van der Waals surface area contributed by atoms with Crippen LogP contribution in [0.5, 0.6) is 0 Å². The molecule has 2 saturated heterocycles. The molecule has 0 bridgehead atoms. The first-order valence-electron chi connectivity index (χ1n) is 12.5. The van der Waals surface area contributed by atoms with Gasteiger partial charge in [-0.1, -0.05) is 30.3 Å². The van der Waals surface area contributed by atoms with Gasteiger partial charge in [-0.3, -0.25) is 4.79 Å². The summed E-state index contributed by atoms with van der Waals surface area (Å²) in [6.07, 6.45) is 7.72. The molecule has 8 nitrogen and oxygen atoms in total. The Morgan fingerprint density at radius 3 is 2.43 bits per heavy atom. The Labute approximate surface area is 205 Å². The summed E-state index contributed by atoms with van der Waals surface area (Å²) >= 11 is 0. The predicted octanol–water partition coefficient (Wildman–Crippen LogP) is 4.79. The molecule has 2 aliphatic heterocycles. The van der Waals surface area contributed by atoms with E-state index in [2.05, 4.69) is 10.1 Å². The Hall–Kier alpha value is -3.42. The summed E-state index contributed by atoms with van der Waals surface area (Å²) in [4.78, 5) is 35.1. The van der Waals surface area contributed by atoms with Gasteiger partial charge < -0.3 is 14.5 Å². The summed E-state index contributed by atoms with van der Waals surface area (Å²) in [5.41, 5.74) is 2.40. The number of fused-ring (bicyclic) bond motifs is 1. The molecule has 2 aliphatic rings. The number of carbonyl (C=O) groups excluding carboxylic acids is 2. The number of carbonyl (C=O) groups is 2. The lowest BCUT2D eigenvalue weighted by Gasteiger charge is -2.42. The fourth-order valence-electron chi connectivity index (χ4n) is 5.37. The normalized spacial score (nSPS) is 20.9. The molecule has 0 N–H and O–H groups in total. The van der Waals surface area contributed by atoms with Crippen molar-refractivity contribution in [3.63, 3.8) is 0 Å². The first kappa shape index (κ1) is 23.3. The highest BCUT2D eigenvalue weighted by molar-refractivity contribution is 6.00. The number of likely N-dealkylation sites (tertiary alicyclic amines) is 2. The summed E-state index contributed by atoms with van der Waals surface area (Å²) in [5, 5.41) is 4.54. The molecule has 4 heterocycles. The molecule has 0 aliphatic carbocycles. The summed E-state index contributed by atoms with van der Waals surface area (Å²) in [5.74, 6) is -0.0709. The molecule has 35 heavy (non-hydrogen) atoms. The van der Waals surface area contributed by atoms with Crippen molar-refractivity contribution in [3.8, 4) is 11.3 Å². The van der Waals surface area contributed by atoms with Gasteiger partial charge in [0, 0.05) is 24.8 Å². The molecule has 5 rings (SSSR count). The van der Waals surface area contributed by atoms with E-state index in [1.54, 1.807) is 16.9 Å². The zero-order valence-corrected chi connectivity index (χ0v) is 20.7. The number of rotatable bonds is 3. The average molecular weight is 476 g/mol. The van der Waals surface area contributed by atoms with E-state index in [0.29, 0.717) is 24.3 Å². The van der Waals surface area contributed by atoms with Crippen molar-refractivity contribution in [1.82, 2.24) is 24.4 Å². The van der Waals surface area contributed by atoms with Gasteiger partial charge in [-0.05, 0) is 58.9 Å². The molecule has 2 amide bonds. The number of nitrogens with zero attached hydrogens (tertiary/aromatic N) is 5. The van der Waals surface area contributed by atoms with Crippen molar-refractivity contribution in [3.05, 3.63) is 54.4 Å². The molecule has 2 fully saturated rings. The summed E-state index contributed by atoms with van der Waals surface area (Å²) in [6, 6.07) is 11.8. The lowest BCUT2D eigenvalue weighted by atomic mass is 9.93. The lowest BCUT2D eigenvalue weighted by Crippen LogP contribution is -2.55. The van der Waals surface area contributed by atoms with Gasteiger partial charge in [-0.2, -0.15) is 5.10 Å². The van der Waals surface area contributed by atoms with Crippen LogP contribution in [0.2, 0.25) is 0 Å². The van der Waals surface area contributed by atoms with Crippen LogP contribution < -0.4 is 0 Å². The molecule has 2 aromatic heterocycles. The maximum absolute atomic E-state index is 13.9. The minimum Gasteiger partial charge on any atom is -0.444 e. The molecule has 1 aromatic carbocycles. The van der Waals surface area contributed by atoms with Crippen LogP contribution in [0, 0.1) is 0 Å². The van der Waals surface area contributed by atoms with Gasteiger partial charge in [0.05, 0.1) is 24.0 Å². The van der Waals surface area contributed by atoms with Crippen LogP contribution in [0.15, 0.2) is 48.8 Å². The second kappa shape index (κ2) is 9.32. The number of benzene rings is 1. The molecular formula is C27H33N5O3. The Morgan fingerprint density at radius 1 is 0.943 bits per heavy atom. The summed E-state index contributed by atoms with van der Waals surface area (Å²) in [6.45, 7) is 6.98. The number of piperidine rings is 1. The Morgan fingerprint density at radius 2 is 1.66 bits per heavy atom. The van der Waals surface area contributed by atoms with E-state index >= 15 is 0 Å². The number of aromatic nitrogens is 3. The lowest BCUT2D eigenvalue weighted by molar-refractivity contribution is 0.00768. The molecule has 0 radical (unpaired) electrons. The standard InChI is InChI=1S/C27H33N5O3/c1-27(2,3)35-26(34)31-17-9-13-23(31)22-12-7-8-16-30(22)25(33)20-18-29-32-21(14-15-28-24(20)32)19-10-5-4-6-11-19/h4-6,10-11,14-15,18,22-23H,7-9,12-13,16-17H2,1-3H3. The highest BCUT2D eigenvalue weighted by Crippen LogP contribution is 2.32. The minimum atomic E-state index is -0.550. The molecule has 184 valence electrons. The molecule has 0 saturated carbocycles. The average Bonchev–Trinajstić information content (AvgIpc) is 3.51. The zero-order valence-electron chi connectivity index (χ0n) is 20.7. The van der Waals surface area contributed by atoms with Crippen LogP contribution in [0.3, 0.4) is 0 Å². The zero-order chi connectivity index (χ0) is 24.6. The van der Waals surface area contributed by atoms with E-state index in [1.807, 2.05) is 67.0 Å². The number of ether oxygens (including phenoxy) is 1. The number of amides is 2. The van der Waals surface area contributed by atoms with E-state index in [4.69, 9.17) is 4.74 Å². The van der Waals surface area contributed by atoms with Crippen molar-refractivity contribution in [2.24, 2.45) is 0 Å². The Bertz CT molecular complexity index is 1220. The van der Waals surface area contributed by atoms with Gasteiger partial charge in [0.15, 0.2) is 5.65 Å². The second-order valence-corrected chi connectivity index (χ2v) is 10.4. The monoisotopic (exact) mass is 475 g/mol. The van der Waals surface area contributed by atoms with E-state index in [-0.39, 0.29) is 24.1 Å². The van der Waals surface area contributed by atoms with E-state index in [1.165, 1.54) is 0 Å². The minimum absolute atomic E-state index is 0.0382. The third kappa shape index (κ3) is 4.61. The topological polar surface area (TPSA) is 80.0 Å². The van der Waals surface area contributed by atoms with Crippen LogP contribution in [0.4, 0.5) is 4.79 Å². The first-order chi connectivity index (χ1) is 16.8. The highest BCUT2D eigenvalue weighted by Gasteiger charge is 2.42. The molecule has 0 spiro atoms. The summed E-state index contributed by atoms with van der Waals surface area (Å²) in [7, 11) is 0. The quantitative estimate of drug-likeness (QED) is 0.544. The van der Waals surface area contributed by atoms with Gasteiger partial charge in [-0.25, -0.2) is 14.3 Å². The Balaban J connectivity index is 1.44. The van der Waals surface area contributed by atoms with Crippen molar-refractivity contribution >= 4 is 17.6 Å². The van der Waals surface area contributed by atoms with Gasteiger partial charge >= 0.3 is 6.09 Å². The third-order valence-electron chi connectivity index (χ3n) is 6.88. The van der Waals surface area contributed by atoms with Crippen molar-refractivity contribution < 1.29 is 14.3 Å². The van der Waals surface area contributed by atoms with Crippen molar-refractivity contribution in [2.45, 2.75) is 70.6 Å². The summed E-state index contributed by atoms with van der Waals surface area (Å²) < 4.78 is 7.42. The van der Waals surface area contributed by atoms with Crippen LogP contribution in [0.1, 0.15) is 63.2 Å². The fourth-order valence-corrected chi connectivity index (χ4v) is 5.37. The van der Waals surface area contributed by atoms with Crippen LogP contribution in [-0.2, 0) is 4.74 Å². The van der Waals surface area contributed by atoms with Gasteiger partial charge in [0.1, 0.15) is 11.2 Å². The van der Waals surface area contributed by atoms with Crippen molar-refractivity contribution in [1.29, 1.82) is 0 Å². The van der Waals surface area contributed by atoms with E-state index in [0.717, 1.165) is 43.4 Å². The predicted molar refractivity (Wildman–Crippen MR) is 133 cm³/mol. The van der Waals surface area contributed by atoms with Gasteiger partial charge in [0.2, 0.25) is 0 Å². The highest BCUT2D eigenvalue weighted by atomic mass is 16.6. The smallest absolute Gasteiger partial charge is 0.410 e. The molecular weight excluding hydrogens is 442 g/mol. The van der Waals surface area contributed by atoms with Crippen LogP contribution in [-0.4, -0.2) is 67.2 Å². The first-order valence-corrected chi connectivity index (χ1v) is 12.5. The second-order valence-electron chi connectivity index (χ2n) is 10.4. The van der Waals surface area contributed by atoms with Crippen molar-refractivity contribution in [2.75, 3.05) is 13.1 Å². The SMILES string of the molecule is CC(C)(C)OC(=O)N1CCCC1C1CCCCN1C(=O)c1cnn2c(-c3ccccc3)ccnc12. The molecule has 2 unspecified atom stereocenters. The largest absolute Gasteiger partial charge is 0.444 e. The number of hydrogen-bond donors (Lipinski definition) is 0. The molecule has 8 heteroatoms. The van der Waals surface area contributed by atoms with E-state index < -0.39 is 5.60 Å². The van der Waals surface area contributed by atoms with Crippen LogP contribution in [0.25, 0.3) is 16.9 Å². The fraction of sp³-hybridized carbons (Fsp3) is 0.481. The third-order valence-corrected chi connectivity index (χ3v) is 6.88. The van der Waals surface area contributed by atoms with Gasteiger partial charge in [-0.15, -0.1) is 0 Å². The molecule has 2 atom stereocenters. The molecule has 3 aromatic rings. The van der Waals surface area contributed by atoms with Gasteiger partial charge in [0.25, 0.3) is 5.91 Å². The number of hydrogen-bond acceptors (Lipinski definition) is 5. The Kier molecular flexibility index (Phi) is 6.21. The van der Waals surface area contributed by atoms with E-state index in [9.17, 15) is 9.59 Å².